The lowest BCUT2D eigenvalue weighted by Gasteiger charge is -2.39. The van der Waals surface area contributed by atoms with Gasteiger partial charge < -0.3 is 19.9 Å². The van der Waals surface area contributed by atoms with Crippen molar-refractivity contribution in [1.29, 1.82) is 0 Å². The molecule has 158 valence electrons. The summed E-state index contributed by atoms with van der Waals surface area (Å²) in [6.07, 6.45) is -4.16. The van der Waals surface area contributed by atoms with Crippen molar-refractivity contribution in [2.45, 2.75) is 31.6 Å². The van der Waals surface area contributed by atoms with E-state index in [-0.39, 0.29) is 29.7 Å². The van der Waals surface area contributed by atoms with E-state index in [1.165, 1.54) is 12.1 Å². The number of carbonyl (C=O) groups excluding carboxylic acids is 1. The van der Waals surface area contributed by atoms with E-state index in [0.29, 0.717) is 10.2 Å². The standard InChI is InChI=1S/C17H17F4N3O4S/c1-8(24-3-2-16(18,19)9(6-24)7-25)14(26)23-15-22-10-4-11-12(5-13(10)29-15)28-17(20,21)27-11/h4-5,8-9,25H,2-3,6-7H2,1H3,(H,22,23,26)/t8-,9+/m0/s1. The van der Waals surface area contributed by atoms with Gasteiger partial charge in [-0.1, -0.05) is 11.3 Å². The summed E-state index contributed by atoms with van der Waals surface area (Å²) in [4.78, 5) is 18.3. The summed E-state index contributed by atoms with van der Waals surface area (Å²) in [5.74, 6) is -4.91. The molecule has 0 aliphatic carbocycles. The highest BCUT2D eigenvalue weighted by molar-refractivity contribution is 7.22. The zero-order valence-electron chi connectivity index (χ0n) is 15.1. The van der Waals surface area contributed by atoms with Gasteiger partial charge in [0.1, 0.15) is 0 Å². The van der Waals surface area contributed by atoms with Crippen LogP contribution < -0.4 is 14.8 Å². The minimum absolute atomic E-state index is 0.0214. The number of fused-ring (bicyclic) bond motifs is 2. The number of anilines is 1. The molecule has 29 heavy (non-hydrogen) atoms. The smallest absolute Gasteiger partial charge is 0.396 e. The number of carbonyl (C=O) groups is 1. The highest BCUT2D eigenvalue weighted by atomic mass is 32.1. The minimum Gasteiger partial charge on any atom is -0.396 e. The number of alkyl halides is 4. The summed E-state index contributed by atoms with van der Waals surface area (Å²) in [5, 5.41) is 12.1. The maximum Gasteiger partial charge on any atom is 0.586 e. The molecule has 4 rings (SSSR count). The number of thiazole rings is 1. The van der Waals surface area contributed by atoms with Crippen LogP contribution >= 0.6 is 11.3 Å². The van der Waals surface area contributed by atoms with E-state index in [1.54, 1.807) is 11.8 Å². The maximum atomic E-state index is 13.8. The highest BCUT2D eigenvalue weighted by Gasteiger charge is 2.45. The first kappa shape index (κ1) is 20.1. The fourth-order valence-electron chi connectivity index (χ4n) is 3.35. The number of aromatic nitrogens is 1. The van der Waals surface area contributed by atoms with Crippen molar-refractivity contribution in [2.75, 3.05) is 25.0 Å². The molecule has 1 aromatic carbocycles. The number of piperidine rings is 1. The molecule has 0 saturated carbocycles. The van der Waals surface area contributed by atoms with Crippen LogP contribution in [-0.2, 0) is 4.79 Å². The first-order valence-corrected chi connectivity index (χ1v) is 9.63. The molecule has 1 amide bonds. The van der Waals surface area contributed by atoms with E-state index < -0.39 is 43.1 Å². The number of ether oxygens (including phenoxy) is 2. The Morgan fingerprint density at radius 1 is 1.38 bits per heavy atom. The number of aliphatic hydroxyl groups is 1. The van der Waals surface area contributed by atoms with Gasteiger partial charge in [-0.2, -0.15) is 0 Å². The normalized spacial score (nSPS) is 23.9. The Hall–Kier alpha value is -2.18. The minimum atomic E-state index is -3.73. The molecule has 0 bridgehead atoms. The fourth-order valence-corrected chi connectivity index (χ4v) is 4.23. The predicted octanol–water partition coefficient (Wildman–Crippen LogP) is 2.89. The van der Waals surface area contributed by atoms with E-state index in [4.69, 9.17) is 0 Å². The van der Waals surface area contributed by atoms with Gasteiger partial charge in [0.05, 0.1) is 28.8 Å². The van der Waals surface area contributed by atoms with Gasteiger partial charge in [0.2, 0.25) is 5.91 Å². The Balaban J connectivity index is 1.45. The molecule has 1 fully saturated rings. The molecule has 2 N–H and O–H groups in total. The van der Waals surface area contributed by atoms with Crippen LogP contribution in [0.25, 0.3) is 10.2 Å². The van der Waals surface area contributed by atoms with Gasteiger partial charge in [-0.05, 0) is 6.92 Å². The summed E-state index contributed by atoms with van der Waals surface area (Å²) < 4.78 is 63.0. The zero-order chi connectivity index (χ0) is 21.0. The third kappa shape index (κ3) is 3.83. The first-order valence-electron chi connectivity index (χ1n) is 8.82. The van der Waals surface area contributed by atoms with Gasteiger partial charge in [-0.15, -0.1) is 8.78 Å². The first-order chi connectivity index (χ1) is 13.6. The molecule has 7 nitrogen and oxygen atoms in total. The van der Waals surface area contributed by atoms with E-state index in [2.05, 4.69) is 19.8 Å². The van der Waals surface area contributed by atoms with Crippen molar-refractivity contribution < 1.29 is 36.9 Å². The Morgan fingerprint density at radius 2 is 2.07 bits per heavy atom. The van der Waals surface area contributed by atoms with Crippen LogP contribution in [0.3, 0.4) is 0 Å². The van der Waals surface area contributed by atoms with Gasteiger partial charge in [0.15, 0.2) is 16.6 Å². The zero-order valence-corrected chi connectivity index (χ0v) is 15.9. The predicted molar refractivity (Wildman–Crippen MR) is 95.6 cm³/mol. The topological polar surface area (TPSA) is 83.9 Å². The van der Waals surface area contributed by atoms with Crippen LogP contribution in [-0.4, -0.2) is 58.9 Å². The number of amides is 1. The van der Waals surface area contributed by atoms with Gasteiger partial charge in [0, 0.05) is 31.6 Å². The number of hydrogen-bond acceptors (Lipinski definition) is 7. The molecule has 3 heterocycles. The van der Waals surface area contributed by atoms with E-state index >= 15 is 0 Å². The van der Waals surface area contributed by atoms with Crippen LogP contribution in [0, 0.1) is 5.92 Å². The Morgan fingerprint density at radius 3 is 2.76 bits per heavy atom. The summed E-state index contributed by atoms with van der Waals surface area (Å²) in [5.41, 5.74) is 0.343. The average Bonchev–Trinajstić information content (AvgIpc) is 3.15. The van der Waals surface area contributed by atoms with E-state index in [9.17, 15) is 27.5 Å². The fraction of sp³-hybridized carbons (Fsp3) is 0.529. The van der Waals surface area contributed by atoms with Gasteiger partial charge in [-0.3, -0.25) is 9.69 Å². The van der Waals surface area contributed by atoms with Crippen LogP contribution in [0.2, 0.25) is 0 Å². The molecule has 1 aromatic heterocycles. The summed E-state index contributed by atoms with van der Waals surface area (Å²) >= 11 is 1.06. The molecule has 0 spiro atoms. The Labute approximate surface area is 166 Å². The molecule has 12 heteroatoms. The lowest BCUT2D eigenvalue weighted by molar-refractivity contribution is -0.286. The lowest BCUT2D eigenvalue weighted by atomic mass is 9.93. The summed E-state index contributed by atoms with van der Waals surface area (Å²) in [6.45, 7) is 0.837. The van der Waals surface area contributed by atoms with Crippen LogP contribution in [0.4, 0.5) is 22.7 Å². The number of likely N-dealkylation sites (tertiary alicyclic amines) is 1. The van der Waals surface area contributed by atoms with Crippen molar-refractivity contribution in [3.63, 3.8) is 0 Å². The molecule has 0 radical (unpaired) electrons. The van der Waals surface area contributed by atoms with Gasteiger partial charge in [-0.25, -0.2) is 13.8 Å². The molecule has 0 unspecified atom stereocenters. The number of halogens is 4. The van der Waals surface area contributed by atoms with E-state index in [0.717, 1.165) is 11.3 Å². The lowest BCUT2D eigenvalue weighted by Crippen LogP contribution is -2.54. The van der Waals surface area contributed by atoms with Crippen molar-refractivity contribution in [1.82, 2.24) is 9.88 Å². The number of nitrogens with zero attached hydrogens (tertiary/aromatic N) is 2. The maximum absolute atomic E-state index is 13.8. The molecule has 2 aliphatic heterocycles. The molecule has 2 atom stereocenters. The van der Waals surface area contributed by atoms with Crippen molar-refractivity contribution in [2.24, 2.45) is 5.92 Å². The molecular weight excluding hydrogens is 418 g/mol. The second kappa shape index (κ2) is 6.96. The number of nitrogens with one attached hydrogen (secondary N) is 1. The third-order valence-electron chi connectivity index (χ3n) is 5.07. The molecular formula is C17H17F4N3O4S. The van der Waals surface area contributed by atoms with Crippen LogP contribution in [0.15, 0.2) is 12.1 Å². The Kier molecular flexibility index (Phi) is 4.82. The number of benzene rings is 1. The van der Waals surface area contributed by atoms with Gasteiger partial charge >= 0.3 is 6.29 Å². The summed E-state index contributed by atoms with van der Waals surface area (Å²) in [6, 6.07) is 1.92. The summed E-state index contributed by atoms with van der Waals surface area (Å²) in [7, 11) is 0. The van der Waals surface area contributed by atoms with Crippen molar-refractivity contribution >= 4 is 32.6 Å². The van der Waals surface area contributed by atoms with Crippen LogP contribution in [0.1, 0.15) is 13.3 Å². The number of rotatable bonds is 4. The second-order valence-corrected chi connectivity index (χ2v) is 8.03. The average molecular weight is 435 g/mol. The molecule has 2 aromatic rings. The second-order valence-electron chi connectivity index (χ2n) is 7.00. The third-order valence-corrected chi connectivity index (χ3v) is 6.01. The number of aliphatic hydroxyl groups excluding tert-OH is 1. The molecule has 1 saturated heterocycles. The van der Waals surface area contributed by atoms with Crippen molar-refractivity contribution in [3.8, 4) is 11.5 Å². The highest BCUT2D eigenvalue weighted by Crippen LogP contribution is 2.44. The quantitative estimate of drug-likeness (QED) is 0.719. The largest absolute Gasteiger partial charge is 0.586 e. The number of hydrogen-bond donors (Lipinski definition) is 2. The van der Waals surface area contributed by atoms with Crippen molar-refractivity contribution in [3.05, 3.63) is 12.1 Å². The SMILES string of the molecule is C[C@@H](C(=O)Nc1nc2cc3c(cc2s1)OC(F)(F)O3)N1CCC(F)(F)[C@@H](CO)C1. The van der Waals surface area contributed by atoms with E-state index in [1.807, 2.05) is 0 Å². The monoisotopic (exact) mass is 435 g/mol. The Bertz CT molecular complexity index is 909. The van der Waals surface area contributed by atoms with Crippen LogP contribution in [0.5, 0.6) is 11.5 Å². The van der Waals surface area contributed by atoms with Gasteiger partial charge in [0.25, 0.3) is 5.92 Å². The molecule has 2 aliphatic rings.